The van der Waals surface area contributed by atoms with E-state index >= 15 is 0 Å². The van der Waals surface area contributed by atoms with Crippen molar-refractivity contribution in [3.63, 3.8) is 0 Å². The third-order valence-electron chi connectivity index (χ3n) is 1.58. The predicted octanol–water partition coefficient (Wildman–Crippen LogP) is 0.198. The van der Waals surface area contributed by atoms with Gasteiger partial charge in [-0.25, -0.2) is 0 Å². The number of aliphatic carboxylic acids is 1. The van der Waals surface area contributed by atoms with Gasteiger partial charge in [0.25, 0.3) is 0 Å². The fourth-order valence-corrected chi connectivity index (χ4v) is 1.83. The first kappa shape index (κ1) is 10.1. The smallest absolute Gasteiger partial charge is 0.325 e. The lowest BCUT2D eigenvalue weighted by Gasteiger charge is -2.36. The molecule has 0 aromatic rings. The lowest BCUT2D eigenvalue weighted by Crippen LogP contribution is -2.60. The van der Waals surface area contributed by atoms with E-state index in [1.165, 1.54) is 0 Å². The third kappa shape index (κ3) is 1.38. The summed E-state index contributed by atoms with van der Waals surface area (Å²) in [4.78, 5) is 10.5. The molecular formula is C5H10ClNO2S. The second kappa shape index (κ2) is 3.46. The molecule has 10 heavy (non-hydrogen) atoms. The lowest BCUT2D eigenvalue weighted by atomic mass is 10.1. The van der Waals surface area contributed by atoms with Crippen LogP contribution in [-0.2, 0) is 4.79 Å². The predicted molar refractivity (Wildman–Crippen MR) is 44.0 cm³/mol. The summed E-state index contributed by atoms with van der Waals surface area (Å²) >= 11 is 1.65. The SMILES string of the molecule is CNC1(C(=O)O)CSC1.Cl. The van der Waals surface area contributed by atoms with Crippen LogP contribution >= 0.6 is 24.2 Å². The van der Waals surface area contributed by atoms with Crippen molar-refractivity contribution in [2.75, 3.05) is 18.6 Å². The maximum absolute atomic E-state index is 10.5. The maximum Gasteiger partial charge on any atom is 0.325 e. The summed E-state index contributed by atoms with van der Waals surface area (Å²) in [6.07, 6.45) is 0. The van der Waals surface area contributed by atoms with E-state index in [0.29, 0.717) is 11.5 Å². The van der Waals surface area contributed by atoms with Gasteiger partial charge in [-0.1, -0.05) is 0 Å². The number of carboxylic acids is 1. The van der Waals surface area contributed by atoms with E-state index in [4.69, 9.17) is 5.11 Å². The molecule has 1 saturated heterocycles. The quantitative estimate of drug-likeness (QED) is 0.642. The number of carboxylic acid groups (broad SMARTS) is 1. The molecule has 0 aromatic carbocycles. The zero-order chi connectivity index (χ0) is 6.91. The van der Waals surface area contributed by atoms with Gasteiger partial charge in [0, 0.05) is 11.5 Å². The summed E-state index contributed by atoms with van der Waals surface area (Å²) in [5.74, 6) is 0.654. The average Bonchev–Trinajstić information content (AvgIpc) is 1.62. The van der Waals surface area contributed by atoms with Gasteiger partial charge in [0.05, 0.1) is 0 Å². The minimum Gasteiger partial charge on any atom is -0.480 e. The van der Waals surface area contributed by atoms with Crippen LogP contribution in [-0.4, -0.2) is 35.2 Å². The molecule has 0 aliphatic carbocycles. The molecule has 1 aliphatic heterocycles. The van der Waals surface area contributed by atoms with Gasteiger partial charge in [0.1, 0.15) is 5.54 Å². The highest BCUT2D eigenvalue weighted by molar-refractivity contribution is 8.01. The Morgan fingerprint density at radius 1 is 1.70 bits per heavy atom. The number of hydrogen-bond donors (Lipinski definition) is 2. The van der Waals surface area contributed by atoms with Crippen molar-refractivity contribution in [1.82, 2.24) is 5.32 Å². The number of carbonyl (C=O) groups is 1. The number of thioether (sulfide) groups is 1. The molecule has 3 nitrogen and oxygen atoms in total. The van der Waals surface area contributed by atoms with Crippen molar-refractivity contribution in [3.8, 4) is 0 Å². The van der Waals surface area contributed by atoms with Crippen molar-refractivity contribution in [2.24, 2.45) is 0 Å². The molecule has 0 atom stereocenters. The monoisotopic (exact) mass is 183 g/mol. The minimum absolute atomic E-state index is 0. The molecule has 0 amide bonds. The Balaban J connectivity index is 0.000000810. The molecule has 0 saturated carbocycles. The summed E-state index contributed by atoms with van der Waals surface area (Å²) in [6.45, 7) is 0. The molecule has 60 valence electrons. The Morgan fingerprint density at radius 2 is 2.20 bits per heavy atom. The second-order valence-electron chi connectivity index (χ2n) is 2.13. The van der Waals surface area contributed by atoms with Gasteiger partial charge in [-0.05, 0) is 7.05 Å². The van der Waals surface area contributed by atoms with Crippen LogP contribution in [0.1, 0.15) is 0 Å². The van der Waals surface area contributed by atoms with Gasteiger partial charge in [-0.15, -0.1) is 12.4 Å². The molecule has 0 radical (unpaired) electrons. The van der Waals surface area contributed by atoms with Crippen molar-refractivity contribution >= 4 is 30.1 Å². The van der Waals surface area contributed by atoms with Gasteiger partial charge in [-0.2, -0.15) is 11.8 Å². The Labute approximate surface area is 70.0 Å². The topological polar surface area (TPSA) is 49.3 Å². The summed E-state index contributed by atoms with van der Waals surface area (Å²) in [6, 6.07) is 0. The molecule has 0 unspecified atom stereocenters. The number of nitrogens with one attached hydrogen (secondary N) is 1. The lowest BCUT2D eigenvalue weighted by molar-refractivity contribution is -0.143. The number of likely N-dealkylation sites (N-methyl/N-ethyl adjacent to an activating group) is 1. The van der Waals surface area contributed by atoms with Crippen LogP contribution in [0.15, 0.2) is 0 Å². The molecule has 1 aliphatic rings. The maximum atomic E-state index is 10.5. The molecule has 1 heterocycles. The normalized spacial score (nSPS) is 20.5. The molecular weight excluding hydrogens is 174 g/mol. The van der Waals surface area contributed by atoms with Crippen molar-refractivity contribution < 1.29 is 9.90 Å². The van der Waals surface area contributed by atoms with Crippen molar-refractivity contribution in [2.45, 2.75) is 5.54 Å². The number of rotatable bonds is 2. The van der Waals surface area contributed by atoms with Gasteiger partial charge in [0.2, 0.25) is 0 Å². The van der Waals surface area contributed by atoms with Crippen molar-refractivity contribution in [1.29, 1.82) is 0 Å². The van der Waals surface area contributed by atoms with Crippen LogP contribution in [0.3, 0.4) is 0 Å². The molecule has 0 spiro atoms. The van der Waals surface area contributed by atoms with Gasteiger partial charge in [0.15, 0.2) is 0 Å². The van der Waals surface area contributed by atoms with Crippen LogP contribution < -0.4 is 5.32 Å². The van der Waals surface area contributed by atoms with E-state index in [2.05, 4.69) is 5.32 Å². The minimum atomic E-state index is -0.733. The fourth-order valence-electron chi connectivity index (χ4n) is 0.681. The van der Waals surface area contributed by atoms with Gasteiger partial charge >= 0.3 is 5.97 Å². The summed E-state index contributed by atoms with van der Waals surface area (Å²) in [7, 11) is 1.69. The Morgan fingerprint density at radius 3 is 2.20 bits per heavy atom. The standard InChI is InChI=1S/C5H9NO2S.ClH/c1-6-5(4(7)8)2-9-3-5;/h6H,2-3H2,1H3,(H,7,8);1H. The number of hydrogen-bond acceptors (Lipinski definition) is 3. The highest BCUT2D eigenvalue weighted by Crippen LogP contribution is 2.28. The highest BCUT2D eigenvalue weighted by atomic mass is 35.5. The second-order valence-corrected chi connectivity index (χ2v) is 3.12. The van der Waals surface area contributed by atoms with Crippen LogP contribution in [0.5, 0.6) is 0 Å². The van der Waals surface area contributed by atoms with Gasteiger partial charge < -0.3 is 10.4 Å². The van der Waals surface area contributed by atoms with Crippen LogP contribution in [0.25, 0.3) is 0 Å². The average molecular weight is 184 g/mol. The molecule has 1 fully saturated rings. The van der Waals surface area contributed by atoms with E-state index in [0.717, 1.165) is 0 Å². The van der Waals surface area contributed by atoms with E-state index in [9.17, 15) is 4.79 Å². The zero-order valence-electron chi connectivity index (χ0n) is 5.59. The fraction of sp³-hybridized carbons (Fsp3) is 0.800. The third-order valence-corrected chi connectivity index (χ3v) is 2.98. The molecule has 2 N–H and O–H groups in total. The van der Waals surface area contributed by atoms with Crippen LogP contribution in [0.2, 0.25) is 0 Å². The molecule has 0 bridgehead atoms. The first-order chi connectivity index (χ1) is 4.21. The Hall–Kier alpha value is 0.0700. The summed E-state index contributed by atoms with van der Waals surface area (Å²) in [5.41, 5.74) is -0.606. The highest BCUT2D eigenvalue weighted by Gasteiger charge is 2.43. The first-order valence-electron chi connectivity index (χ1n) is 2.71. The molecule has 1 rings (SSSR count). The van der Waals surface area contributed by atoms with E-state index in [-0.39, 0.29) is 12.4 Å². The van der Waals surface area contributed by atoms with Crippen LogP contribution in [0, 0.1) is 0 Å². The number of halogens is 1. The Bertz CT molecular complexity index is 132. The van der Waals surface area contributed by atoms with Crippen molar-refractivity contribution in [3.05, 3.63) is 0 Å². The van der Waals surface area contributed by atoms with E-state index in [1.807, 2.05) is 0 Å². The summed E-state index contributed by atoms with van der Waals surface area (Å²) in [5, 5.41) is 11.4. The first-order valence-corrected chi connectivity index (χ1v) is 3.87. The Kier molecular flexibility index (Phi) is 3.48. The largest absolute Gasteiger partial charge is 0.480 e. The van der Waals surface area contributed by atoms with E-state index in [1.54, 1.807) is 18.8 Å². The summed E-state index contributed by atoms with van der Waals surface area (Å²) < 4.78 is 0. The molecule has 0 aromatic heterocycles. The zero-order valence-corrected chi connectivity index (χ0v) is 7.22. The molecule has 5 heteroatoms. The van der Waals surface area contributed by atoms with Gasteiger partial charge in [-0.3, -0.25) is 4.79 Å². The van der Waals surface area contributed by atoms with Crippen LogP contribution in [0.4, 0.5) is 0 Å². The van der Waals surface area contributed by atoms with E-state index < -0.39 is 11.5 Å².